The summed E-state index contributed by atoms with van der Waals surface area (Å²) >= 11 is 0. The molecule has 1 atom stereocenters. The summed E-state index contributed by atoms with van der Waals surface area (Å²) in [5.41, 5.74) is 4.81. The van der Waals surface area contributed by atoms with Crippen LogP contribution in [-0.2, 0) is 14.3 Å². The predicted octanol–water partition coefficient (Wildman–Crippen LogP) is 1.06. The molecule has 0 fully saturated rings. The van der Waals surface area contributed by atoms with E-state index < -0.39 is 5.54 Å². The Morgan fingerprint density at radius 3 is 2.50 bits per heavy atom. The molecule has 108 valence electrons. The van der Waals surface area contributed by atoms with E-state index in [0.29, 0.717) is 19.6 Å². The van der Waals surface area contributed by atoms with Crippen LogP contribution in [0.2, 0.25) is 0 Å². The molecule has 0 rings (SSSR count). The van der Waals surface area contributed by atoms with E-state index in [1.807, 2.05) is 6.92 Å². The Morgan fingerprint density at radius 1 is 1.28 bits per heavy atom. The Balaban J connectivity index is 3.73. The minimum absolute atomic E-state index is 0.296. The fourth-order valence-electron chi connectivity index (χ4n) is 1.63. The van der Waals surface area contributed by atoms with Gasteiger partial charge in [-0.15, -0.1) is 0 Å². The first-order chi connectivity index (χ1) is 8.56. The van der Waals surface area contributed by atoms with Crippen molar-refractivity contribution in [3.05, 3.63) is 0 Å². The van der Waals surface area contributed by atoms with Crippen molar-refractivity contribution in [2.45, 2.75) is 45.1 Å². The third-order valence-electron chi connectivity index (χ3n) is 2.91. The van der Waals surface area contributed by atoms with Gasteiger partial charge in [0.1, 0.15) is 0 Å². The minimum atomic E-state index is -0.619. The van der Waals surface area contributed by atoms with E-state index in [1.165, 1.54) is 0 Å². The maximum absolute atomic E-state index is 11.4. The van der Waals surface area contributed by atoms with Crippen molar-refractivity contribution in [3.63, 3.8) is 0 Å². The van der Waals surface area contributed by atoms with E-state index in [2.05, 4.69) is 12.2 Å². The number of amides is 1. The molecule has 5 nitrogen and oxygen atoms in total. The molecule has 0 aromatic carbocycles. The Labute approximate surface area is 110 Å². The highest BCUT2D eigenvalue weighted by Gasteiger charge is 2.29. The molecule has 18 heavy (non-hydrogen) atoms. The van der Waals surface area contributed by atoms with Crippen LogP contribution in [0, 0.1) is 0 Å². The van der Waals surface area contributed by atoms with Crippen LogP contribution >= 0.6 is 0 Å². The molecule has 0 aromatic heterocycles. The van der Waals surface area contributed by atoms with Crippen molar-refractivity contribution in [1.82, 2.24) is 5.32 Å². The van der Waals surface area contributed by atoms with Gasteiger partial charge < -0.3 is 20.5 Å². The van der Waals surface area contributed by atoms with Crippen molar-refractivity contribution in [2.24, 2.45) is 5.73 Å². The van der Waals surface area contributed by atoms with Crippen molar-refractivity contribution in [1.29, 1.82) is 0 Å². The molecule has 0 aliphatic heterocycles. The lowest BCUT2D eigenvalue weighted by Crippen LogP contribution is -2.53. The van der Waals surface area contributed by atoms with Gasteiger partial charge in [-0.05, 0) is 39.2 Å². The summed E-state index contributed by atoms with van der Waals surface area (Å²) in [5.74, 6) is -0.296. The highest BCUT2D eigenvalue weighted by molar-refractivity contribution is 5.84. The van der Waals surface area contributed by atoms with Gasteiger partial charge in [-0.1, -0.05) is 6.92 Å². The summed E-state index contributed by atoms with van der Waals surface area (Å²) in [4.78, 5) is 11.4. The highest BCUT2D eigenvalue weighted by atomic mass is 16.5. The lowest BCUT2D eigenvalue weighted by molar-refractivity contribution is -0.124. The van der Waals surface area contributed by atoms with Crippen LogP contribution in [0.5, 0.6) is 0 Å². The largest absolute Gasteiger partial charge is 0.385 e. The molecule has 3 N–H and O–H groups in total. The molecule has 0 radical (unpaired) electrons. The number of nitrogens with one attached hydrogen (secondary N) is 1. The highest BCUT2D eigenvalue weighted by Crippen LogP contribution is 2.12. The Hall–Kier alpha value is -0.650. The number of methoxy groups -OCH3 is 1. The number of ether oxygens (including phenoxy) is 2. The lowest BCUT2D eigenvalue weighted by Gasteiger charge is -2.27. The van der Waals surface area contributed by atoms with E-state index in [-0.39, 0.29) is 5.91 Å². The van der Waals surface area contributed by atoms with Gasteiger partial charge in [-0.2, -0.15) is 0 Å². The molecular weight excluding hydrogens is 232 g/mol. The maximum Gasteiger partial charge on any atom is 0.237 e. The molecule has 1 unspecified atom stereocenters. The van der Waals surface area contributed by atoms with Crippen LogP contribution in [0.3, 0.4) is 0 Å². The third-order valence-corrected chi connectivity index (χ3v) is 2.91. The van der Waals surface area contributed by atoms with Crippen LogP contribution in [-0.4, -0.2) is 44.9 Å². The summed E-state index contributed by atoms with van der Waals surface area (Å²) in [5, 5.41) is 3.21. The molecule has 0 aromatic rings. The zero-order valence-corrected chi connectivity index (χ0v) is 12.0. The first-order valence-corrected chi connectivity index (χ1v) is 6.68. The molecule has 0 bridgehead atoms. The summed E-state index contributed by atoms with van der Waals surface area (Å²) < 4.78 is 10.4. The van der Waals surface area contributed by atoms with Gasteiger partial charge >= 0.3 is 0 Å². The smallest absolute Gasteiger partial charge is 0.237 e. The van der Waals surface area contributed by atoms with E-state index in [4.69, 9.17) is 15.2 Å². The van der Waals surface area contributed by atoms with Crippen molar-refractivity contribution in [3.8, 4) is 0 Å². The van der Waals surface area contributed by atoms with Gasteiger partial charge in [0.2, 0.25) is 5.91 Å². The van der Waals surface area contributed by atoms with Crippen LogP contribution in [0.25, 0.3) is 0 Å². The molecule has 0 heterocycles. The average molecular weight is 260 g/mol. The second-order valence-electron chi connectivity index (χ2n) is 4.69. The van der Waals surface area contributed by atoms with Crippen LogP contribution < -0.4 is 11.1 Å². The molecule has 0 saturated carbocycles. The third kappa shape index (κ3) is 7.63. The topological polar surface area (TPSA) is 73.6 Å². The quantitative estimate of drug-likeness (QED) is 0.515. The fraction of sp³-hybridized carbons (Fsp3) is 0.923. The zero-order valence-electron chi connectivity index (χ0n) is 12.0. The number of carbonyl (C=O) groups is 1. The van der Waals surface area contributed by atoms with Gasteiger partial charge in [-0.25, -0.2) is 0 Å². The molecule has 1 amide bonds. The Morgan fingerprint density at radius 2 is 1.94 bits per heavy atom. The number of primary amides is 1. The summed E-state index contributed by atoms with van der Waals surface area (Å²) in [6.45, 7) is 6.79. The van der Waals surface area contributed by atoms with Crippen LogP contribution in [0.15, 0.2) is 0 Å². The Bertz CT molecular complexity index is 224. The van der Waals surface area contributed by atoms with Gasteiger partial charge in [0.05, 0.1) is 5.54 Å². The van der Waals surface area contributed by atoms with Gasteiger partial charge in [0.25, 0.3) is 0 Å². The number of hydrogen-bond donors (Lipinski definition) is 2. The predicted molar refractivity (Wildman–Crippen MR) is 72.4 cm³/mol. The SMILES string of the molecule is CCCNC(C)(CCCOCCCOC)C(N)=O. The zero-order chi connectivity index (χ0) is 13.9. The fourth-order valence-corrected chi connectivity index (χ4v) is 1.63. The van der Waals surface area contributed by atoms with Crippen LogP contribution in [0.4, 0.5) is 0 Å². The number of hydrogen-bond acceptors (Lipinski definition) is 4. The first-order valence-electron chi connectivity index (χ1n) is 6.68. The molecule has 0 aliphatic carbocycles. The van der Waals surface area contributed by atoms with Crippen LogP contribution in [0.1, 0.15) is 39.5 Å². The van der Waals surface area contributed by atoms with Gasteiger partial charge in [0.15, 0.2) is 0 Å². The standard InChI is InChI=1S/C13H28N2O3/c1-4-8-15-13(2,12(14)16)7-5-10-18-11-6-9-17-3/h15H,4-11H2,1-3H3,(H2,14,16). The van der Waals surface area contributed by atoms with Gasteiger partial charge in [0, 0.05) is 26.9 Å². The summed E-state index contributed by atoms with van der Waals surface area (Å²) in [6, 6.07) is 0. The minimum Gasteiger partial charge on any atom is -0.385 e. The van der Waals surface area contributed by atoms with Crippen molar-refractivity contribution >= 4 is 5.91 Å². The number of nitrogens with two attached hydrogens (primary N) is 1. The summed E-state index contributed by atoms with van der Waals surface area (Å²) in [7, 11) is 1.68. The van der Waals surface area contributed by atoms with Crippen molar-refractivity contribution in [2.75, 3.05) is 33.5 Å². The monoisotopic (exact) mass is 260 g/mol. The molecule has 0 saturated heterocycles. The molecule has 0 aliphatic rings. The number of rotatable bonds is 12. The maximum atomic E-state index is 11.4. The Kier molecular flexibility index (Phi) is 9.92. The summed E-state index contributed by atoms with van der Waals surface area (Å²) in [6.07, 6.45) is 3.41. The number of carbonyl (C=O) groups excluding carboxylic acids is 1. The van der Waals surface area contributed by atoms with E-state index in [0.717, 1.165) is 32.4 Å². The average Bonchev–Trinajstić information content (AvgIpc) is 2.35. The molecule has 0 spiro atoms. The second kappa shape index (κ2) is 10.3. The first kappa shape index (κ1) is 17.4. The van der Waals surface area contributed by atoms with Gasteiger partial charge in [-0.3, -0.25) is 4.79 Å². The molecule has 5 heteroatoms. The van der Waals surface area contributed by atoms with Crippen molar-refractivity contribution < 1.29 is 14.3 Å². The van der Waals surface area contributed by atoms with E-state index in [9.17, 15) is 4.79 Å². The lowest BCUT2D eigenvalue weighted by atomic mass is 9.95. The second-order valence-corrected chi connectivity index (χ2v) is 4.69. The van der Waals surface area contributed by atoms with E-state index in [1.54, 1.807) is 7.11 Å². The molecular formula is C13H28N2O3. The van der Waals surface area contributed by atoms with E-state index >= 15 is 0 Å². The normalized spacial score (nSPS) is 14.4.